The molecule has 4 N–H and O–H groups in total. The lowest BCUT2D eigenvalue weighted by atomic mass is 10.1. The minimum absolute atomic E-state index is 0.131. The maximum absolute atomic E-state index is 11.5. The van der Waals surface area contributed by atoms with E-state index >= 15 is 0 Å². The van der Waals surface area contributed by atoms with E-state index in [-0.39, 0.29) is 6.17 Å². The summed E-state index contributed by atoms with van der Waals surface area (Å²) in [6, 6.07) is 5.80. The van der Waals surface area contributed by atoms with Gasteiger partial charge in [0.05, 0.1) is 30.1 Å². The molecule has 1 saturated heterocycles. The van der Waals surface area contributed by atoms with Crippen molar-refractivity contribution in [3.05, 3.63) is 51.8 Å². The third kappa shape index (κ3) is 5.64. The van der Waals surface area contributed by atoms with E-state index in [1.54, 1.807) is 0 Å². The number of nitrogens with one attached hydrogen (secondary N) is 2. The fourth-order valence-corrected chi connectivity index (χ4v) is 4.82. The van der Waals surface area contributed by atoms with Gasteiger partial charge in [-0.25, -0.2) is 9.98 Å². The van der Waals surface area contributed by atoms with Crippen molar-refractivity contribution in [3.8, 4) is 0 Å². The fourth-order valence-electron chi connectivity index (χ4n) is 3.85. The van der Waals surface area contributed by atoms with E-state index in [0.29, 0.717) is 20.9 Å². The Labute approximate surface area is 202 Å². The third-order valence-corrected chi connectivity index (χ3v) is 6.71. The number of aliphatic imine (C=N–C) groups is 1. The van der Waals surface area contributed by atoms with Crippen LogP contribution in [0.1, 0.15) is 22.2 Å². The second-order valence-electron chi connectivity index (χ2n) is 7.88. The van der Waals surface area contributed by atoms with Gasteiger partial charge in [0, 0.05) is 32.3 Å². The molecule has 2 aromatic rings. The molecule has 1 fully saturated rings. The van der Waals surface area contributed by atoms with Gasteiger partial charge in [-0.1, -0.05) is 35.1 Å². The number of hydrogen-bond acceptors (Lipinski definition) is 8. The Morgan fingerprint density at radius 1 is 1.42 bits per heavy atom. The van der Waals surface area contributed by atoms with E-state index < -0.39 is 5.91 Å². The lowest BCUT2D eigenvalue weighted by Crippen LogP contribution is -2.53. The minimum Gasteiger partial charge on any atom is -0.379 e. The molecule has 3 heterocycles. The van der Waals surface area contributed by atoms with Gasteiger partial charge in [0.15, 0.2) is 0 Å². The molecule has 2 aliphatic heterocycles. The summed E-state index contributed by atoms with van der Waals surface area (Å²) in [6.07, 6.45) is 3.26. The van der Waals surface area contributed by atoms with Gasteiger partial charge in [0.1, 0.15) is 22.7 Å². The molecule has 9 nitrogen and oxygen atoms in total. The molecule has 4 rings (SSSR count). The van der Waals surface area contributed by atoms with E-state index in [1.807, 2.05) is 43.0 Å². The molecule has 0 aliphatic carbocycles. The molecule has 176 valence electrons. The maximum atomic E-state index is 11.5. The third-order valence-electron chi connectivity index (χ3n) is 5.50. The summed E-state index contributed by atoms with van der Waals surface area (Å²) >= 11 is 7.76. The van der Waals surface area contributed by atoms with Crippen LogP contribution in [0.3, 0.4) is 0 Å². The molecule has 33 heavy (non-hydrogen) atoms. The van der Waals surface area contributed by atoms with Crippen LogP contribution < -0.4 is 21.3 Å². The zero-order chi connectivity index (χ0) is 23.4. The van der Waals surface area contributed by atoms with Gasteiger partial charge in [-0.05, 0) is 25.5 Å². The number of para-hydroxylation sites is 1. The zero-order valence-electron chi connectivity index (χ0n) is 18.7. The highest BCUT2D eigenvalue weighted by Crippen LogP contribution is 2.33. The predicted octanol–water partition coefficient (Wildman–Crippen LogP) is 2.45. The lowest BCUT2D eigenvalue weighted by molar-refractivity contribution is 0.0386. The summed E-state index contributed by atoms with van der Waals surface area (Å²) in [5.74, 6) is 1.01. The summed E-state index contributed by atoms with van der Waals surface area (Å²) < 4.78 is 5.42. The fraction of sp³-hybridized carbons (Fsp3) is 0.409. The number of halogens is 1. The molecular weight excluding hydrogens is 462 g/mol. The van der Waals surface area contributed by atoms with E-state index in [2.05, 4.69) is 20.5 Å². The van der Waals surface area contributed by atoms with Crippen molar-refractivity contribution in [3.63, 3.8) is 0 Å². The Kier molecular flexibility index (Phi) is 7.49. The summed E-state index contributed by atoms with van der Waals surface area (Å²) in [5, 5.41) is 8.05. The summed E-state index contributed by atoms with van der Waals surface area (Å²) in [4.78, 5) is 25.3. The van der Waals surface area contributed by atoms with Crippen LogP contribution in [0.4, 0.5) is 10.8 Å². The molecule has 1 aromatic carbocycles. The number of ether oxygens (including phenoxy) is 1. The quantitative estimate of drug-likeness (QED) is 0.548. The molecule has 1 aromatic heterocycles. The van der Waals surface area contributed by atoms with Crippen LogP contribution in [-0.4, -0.2) is 67.2 Å². The number of aromatic nitrogens is 1. The van der Waals surface area contributed by atoms with Crippen LogP contribution in [0.25, 0.3) is 0 Å². The first-order chi connectivity index (χ1) is 15.9. The highest BCUT2D eigenvalue weighted by Gasteiger charge is 2.28. The molecular formula is C22H28ClN7O2S. The monoisotopic (exact) mass is 489 g/mol. The predicted molar refractivity (Wildman–Crippen MR) is 132 cm³/mol. The first-order valence-electron chi connectivity index (χ1n) is 10.8. The zero-order valence-corrected chi connectivity index (χ0v) is 20.2. The molecule has 11 heteroatoms. The second kappa shape index (κ2) is 10.5. The van der Waals surface area contributed by atoms with Crippen molar-refractivity contribution < 1.29 is 9.53 Å². The average molecular weight is 490 g/mol. The molecule has 1 unspecified atom stereocenters. The molecule has 0 radical (unpaired) electrons. The van der Waals surface area contributed by atoms with Crippen LogP contribution in [0.15, 0.2) is 41.3 Å². The van der Waals surface area contributed by atoms with Crippen LogP contribution in [0.5, 0.6) is 0 Å². The van der Waals surface area contributed by atoms with Gasteiger partial charge in [-0.2, -0.15) is 0 Å². The number of amides is 1. The van der Waals surface area contributed by atoms with Gasteiger partial charge in [-0.15, -0.1) is 0 Å². The van der Waals surface area contributed by atoms with Gasteiger partial charge < -0.3 is 26.0 Å². The van der Waals surface area contributed by atoms with Crippen LogP contribution in [0.2, 0.25) is 5.02 Å². The van der Waals surface area contributed by atoms with E-state index in [1.165, 1.54) is 6.20 Å². The smallest absolute Gasteiger partial charge is 0.260 e. The van der Waals surface area contributed by atoms with Crippen molar-refractivity contribution in [2.45, 2.75) is 20.0 Å². The second-order valence-corrected chi connectivity index (χ2v) is 9.29. The number of aryl methyl sites for hydroxylation is 1. The van der Waals surface area contributed by atoms with Crippen molar-refractivity contribution in [1.82, 2.24) is 20.5 Å². The van der Waals surface area contributed by atoms with Crippen molar-refractivity contribution in [1.29, 1.82) is 0 Å². The number of carbonyl (C=O) groups excluding carboxylic acids is 1. The SMILES string of the molecule is Cc1cccc(Cl)c1N1C(=Nc2ncc(C(N)=O)s2)C=C(NCCN2CCOCC2)NC1C. The topological polar surface area (TPSA) is 108 Å². The number of amidine groups is 1. The molecule has 1 amide bonds. The largest absolute Gasteiger partial charge is 0.379 e. The Bertz CT molecular complexity index is 1040. The Morgan fingerprint density at radius 3 is 2.91 bits per heavy atom. The minimum atomic E-state index is -0.516. The molecule has 0 saturated carbocycles. The number of nitrogens with zero attached hydrogens (tertiary/aromatic N) is 4. The standard InChI is InChI=1S/C22H28ClN7O2S/c1-14-4-3-5-16(23)20(14)30-15(2)27-18(25-6-7-29-8-10-32-11-9-29)12-19(30)28-22-26-13-17(33-22)21(24)31/h3-5,12-13,15,25,27H,6-11H2,1-2H3,(H2,24,31). The van der Waals surface area contributed by atoms with Crippen molar-refractivity contribution >= 4 is 45.5 Å². The maximum Gasteiger partial charge on any atom is 0.260 e. The Hall–Kier alpha value is -2.66. The number of nitrogens with two attached hydrogens (primary N) is 1. The number of thiazole rings is 1. The van der Waals surface area contributed by atoms with Crippen LogP contribution in [0, 0.1) is 6.92 Å². The first-order valence-corrected chi connectivity index (χ1v) is 12.0. The number of morpholine rings is 1. The van der Waals surface area contributed by atoms with Gasteiger partial charge >= 0.3 is 0 Å². The van der Waals surface area contributed by atoms with Crippen LogP contribution in [-0.2, 0) is 4.74 Å². The number of hydrogen-bond donors (Lipinski definition) is 3. The number of primary amides is 1. The van der Waals surface area contributed by atoms with Crippen molar-refractivity contribution in [2.24, 2.45) is 10.7 Å². The summed E-state index contributed by atoms with van der Waals surface area (Å²) in [7, 11) is 0. The summed E-state index contributed by atoms with van der Waals surface area (Å²) in [6.45, 7) is 9.22. The molecule has 2 aliphatic rings. The number of carbonyl (C=O) groups is 1. The average Bonchev–Trinajstić information content (AvgIpc) is 3.25. The number of anilines is 1. The number of rotatable bonds is 7. The normalized spacial score (nSPS) is 20.5. The van der Waals surface area contributed by atoms with E-state index in [4.69, 9.17) is 27.1 Å². The van der Waals surface area contributed by atoms with E-state index in [9.17, 15) is 4.79 Å². The summed E-state index contributed by atoms with van der Waals surface area (Å²) in [5.41, 5.74) is 7.28. The van der Waals surface area contributed by atoms with Gasteiger partial charge in [0.2, 0.25) is 5.13 Å². The molecule has 1 atom stereocenters. The molecule has 0 bridgehead atoms. The lowest BCUT2D eigenvalue weighted by Gasteiger charge is -2.38. The number of benzene rings is 1. The van der Waals surface area contributed by atoms with E-state index in [0.717, 1.165) is 67.8 Å². The first kappa shape index (κ1) is 23.5. The highest BCUT2D eigenvalue weighted by molar-refractivity contribution is 7.17. The highest BCUT2D eigenvalue weighted by atomic mass is 35.5. The van der Waals surface area contributed by atoms with Crippen molar-refractivity contribution in [2.75, 3.05) is 44.3 Å². The Morgan fingerprint density at radius 2 is 2.21 bits per heavy atom. The van der Waals surface area contributed by atoms with Gasteiger partial charge in [-0.3, -0.25) is 9.69 Å². The Balaban J connectivity index is 1.62. The molecule has 0 spiro atoms. The van der Waals surface area contributed by atoms with Crippen LogP contribution >= 0.6 is 22.9 Å². The van der Waals surface area contributed by atoms with Gasteiger partial charge in [0.25, 0.3) is 5.91 Å².